The fourth-order valence-electron chi connectivity index (χ4n) is 4.25. The number of nitrogens with zero attached hydrogens (tertiary/aromatic N) is 2. The molecule has 0 saturated heterocycles. The number of benzene rings is 3. The highest BCUT2D eigenvalue weighted by molar-refractivity contribution is 5.71. The molecule has 0 aliphatic rings. The van der Waals surface area contributed by atoms with Crippen molar-refractivity contribution in [3.05, 3.63) is 107 Å². The van der Waals surface area contributed by atoms with Crippen molar-refractivity contribution in [2.24, 2.45) is 12.8 Å². The number of aryl methyl sites for hydroxylation is 3. The SMILES string of the molecule is C[C@@H](N)c1cccc(-c2cc(CCc3ccn(C)n3)cc(COc3ccccc3CC(=O)O)c2)c1F. The van der Waals surface area contributed by atoms with Crippen LogP contribution in [0, 0.1) is 5.82 Å². The molecule has 6 nitrogen and oxygen atoms in total. The van der Waals surface area contributed by atoms with E-state index in [1.165, 1.54) is 0 Å². The maximum atomic E-state index is 15.4. The number of carbonyl (C=O) groups is 1. The summed E-state index contributed by atoms with van der Waals surface area (Å²) in [6, 6.07) is 19.9. The van der Waals surface area contributed by atoms with Gasteiger partial charge in [0.1, 0.15) is 18.2 Å². The molecule has 0 bridgehead atoms. The van der Waals surface area contributed by atoms with Crippen LogP contribution >= 0.6 is 0 Å². The number of hydrogen-bond acceptors (Lipinski definition) is 4. The molecule has 4 rings (SSSR count). The van der Waals surface area contributed by atoms with Gasteiger partial charge in [-0.25, -0.2) is 4.39 Å². The maximum absolute atomic E-state index is 15.4. The summed E-state index contributed by atoms with van der Waals surface area (Å²) in [5.74, 6) is -0.729. The third-order valence-corrected chi connectivity index (χ3v) is 6.03. The number of aliphatic carboxylic acids is 1. The third kappa shape index (κ3) is 6.17. The molecule has 0 unspecified atom stereocenters. The minimum atomic E-state index is -0.922. The molecule has 0 spiro atoms. The minimum absolute atomic E-state index is 0.124. The predicted molar refractivity (Wildman–Crippen MR) is 137 cm³/mol. The summed E-state index contributed by atoms with van der Waals surface area (Å²) in [6.07, 6.45) is 3.26. The Bertz CT molecular complexity index is 1360. The molecule has 36 heavy (non-hydrogen) atoms. The van der Waals surface area contributed by atoms with Crippen LogP contribution < -0.4 is 10.5 Å². The zero-order chi connectivity index (χ0) is 25.7. The van der Waals surface area contributed by atoms with Crippen LogP contribution in [0.15, 0.2) is 72.9 Å². The zero-order valence-electron chi connectivity index (χ0n) is 20.4. The van der Waals surface area contributed by atoms with E-state index in [0.717, 1.165) is 35.2 Å². The van der Waals surface area contributed by atoms with Crippen molar-refractivity contribution in [2.45, 2.75) is 38.8 Å². The number of carboxylic acid groups (broad SMARTS) is 1. The highest BCUT2D eigenvalue weighted by Gasteiger charge is 2.15. The molecule has 0 aliphatic carbocycles. The Morgan fingerprint density at radius 3 is 2.58 bits per heavy atom. The van der Waals surface area contributed by atoms with Gasteiger partial charge in [0.05, 0.1) is 12.1 Å². The number of nitrogens with two attached hydrogens (primary N) is 1. The van der Waals surface area contributed by atoms with Crippen LogP contribution in [0.2, 0.25) is 0 Å². The van der Waals surface area contributed by atoms with Gasteiger partial charge in [-0.1, -0.05) is 48.5 Å². The minimum Gasteiger partial charge on any atom is -0.489 e. The Morgan fingerprint density at radius 1 is 1.08 bits per heavy atom. The topological polar surface area (TPSA) is 90.4 Å². The second-order valence-electron chi connectivity index (χ2n) is 8.98. The van der Waals surface area contributed by atoms with E-state index in [-0.39, 0.29) is 18.8 Å². The van der Waals surface area contributed by atoms with Crippen LogP contribution in [-0.4, -0.2) is 20.9 Å². The first-order chi connectivity index (χ1) is 17.3. The number of ether oxygens (including phenoxy) is 1. The average molecular weight is 488 g/mol. The van der Waals surface area contributed by atoms with Crippen molar-refractivity contribution in [3.8, 4) is 16.9 Å². The lowest BCUT2D eigenvalue weighted by Crippen LogP contribution is -2.08. The Kier molecular flexibility index (Phi) is 7.80. The molecule has 1 aromatic heterocycles. The number of rotatable bonds is 10. The van der Waals surface area contributed by atoms with Crippen LogP contribution in [0.3, 0.4) is 0 Å². The van der Waals surface area contributed by atoms with Crippen molar-refractivity contribution in [3.63, 3.8) is 0 Å². The molecule has 3 aromatic carbocycles. The maximum Gasteiger partial charge on any atom is 0.307 e. The van der Waals surface area contributed by atoms with Gasteiger partial charge in [0.25, 0.3) is 0 Å². The second kappa shape index (κ2) is 11.2. The number of para-hydroxylation sites is 1. The van der Waals surface area contributed by atoms with E-state index in [1.807, 2.05) is 49.6 Å². The molecule has 0 amide bonds. The molecule has 0 aliphatic heterocycles. The van der Waals surface area contributed by atoms with Crippen LogP contribution in [0.25, 0.3) is 11.1 Å². The van der Waals surface area contributed by atoms with Gasteiger partial charge in [-0.2, -0.15) is 5.10 Å². The summed E-state index contributed by atoms with van der Waals surface area (Å²) in [7, 11) is 1.88. The smallest absolute Gasteiger partial charge is 0.307 e. The lowest BCUT2D eigenvalue weighted by Gasteiger charge is -2.15. The van der Waals surface area contributed by atoms with Crippen LogP contribution in [0.5, 0.6) is 5.75 Å². The molecule has 3 N–H and O–H groups in total. The lowest BCUT2D eigenvalue weighted by molar-refractivity contribution is -0.136. The van der Waals surface area contributed by atoms with Gasteiger partial charge in [-0.05, 0) is 54.7 Å². The summed E-state index contributed by atoms with van der Waals surface area (Å²) < 4.78 is 23.2. The van der Waals surface area contributed by atoms with Gasteiger partial charge >= 0.3 is 5.97 Å². The zero-order valence-corrected chi connectivity index (χ0v) is 20.4. The van der Waals surface area contributed by atoms with E-state index in [1.54, 1.807) is 41.9 Å². The Hall–Kier alpha value is -3.97. The first-order valence-corrected chi connectivity index (χ1v) is 11.9. The first-order valence-electron chi connectivity index (χ1n) is 11.9. The van der Waals surface area contributed by atoms with E-state index in [0.29, 0.717) is 22.4 Å². The monoisotopic (exact) mass is 487 g/mol. The van der Waals surface area contributed by atoms with Gasteiger partial charge in [-0.15, -0.1) is 0 Å². The van der Waals surface area contributed by atoms with Crippen LogP contribution in [0.1, 0.15) is 40.9 Å². The van der Waals surface area contributed by atoms with Crippen molar-refractivity contribution in [1.29, 1.82) is 0 Å². The quantitative estimate of drug-likeness (QED) is 0.319. The summed E-state index contributed by atoms with van der Waals surface area (Å²) in [4.78, 5) is 11.2. The van der Waals surface area contributed by atoms with Crippen LogP contribution in [0.4, 0.5) is 4.39 Å². The molecular formula is C29H30FN3O3. The van der Waals surface area contributed by atoms with Crippen molar-refractivity contribution in [2.75, 3.05) is 0 Å². The largest absolute Gasteiger partial charge is 0.489 e. The fourth-order valence-corrected chi connectivity index (χ4v) is 4.25. The summed E-state index contributed by atoms with van der Waals surface area (Å²) in [6.45, 7) is 1.98. The van der Waals surface area contributed by atoms with Crippen molar-refractivity contribution in [1.82, 2.24) is 9.78 Å². The predicted octanol–water partition coefficient (Wildman–Crippen LogP) is 5.24. The van der Waals surface area contributed by atoms with E-state index in [9.17, 15) is 9.90 Å². The van der Waals surface area contributed by atoms with E-state index >= 15 is 4.39 Å². The van der Waals surface area contributed by atoms with Gasteiger partial charge in [0.15, 0.2) is 0 Å². The summed E-state index contributed by atoms with van der Waals surface area (Å²) in [5, 5.41) is 13.7. The second-order valence-corrected chi connectivity index (χ2v) is 8.98. The van der Waals surface area contributed by atoms with E-state index < -0.39 is 12.0 Å². The van der Waals surface area contributed by atoms with Crippen molar-refractivity contribution >= 4 is 5.97 Å². The van der Waals surface area contributed by atoms with Crippen LogP contribution in [-0.2, 0) is 37.7 Å². The number of halogens is 1. The number of carboxylic acids is 1. The Balaban J connectivity index is 1.66. The lowest BCUT2D eigenvalue weighted by atomic mass is 9.95. The molecule has 0 fully saturated rings. The fraction of sp³-hybridized carbons (Fsp3) is 0.241. The van der Waals surface area contributed by atoms with Crippen molar-refractivity contribution < 1.29 is 19.0 Å². The standard InChI is InChI=1S/C29H30FN3O3/c1-19(31)25-7-5-8-26(29(25)30)23-15-20(10-11-24-12-13-33(2)32-24)14-21(16-23)18-36-27-9-4-3-6-22(27)17-28(34)35/h3-9,12-16,19H,10-11,17-18,31H2,1-2H3,(H,34,35)/t19-/m1/s1. The Labute approximate surface area is 210 Å². The molecule has 186 valence electrons. The highest BCUT2D eigenvalue weighted by Crippen LogP contribution is 2.30. The molecule has 4 aromatic rings. The summed E-state index contributed by atoms with van der Waals surface area (Å²) >= 11 is 0. The molecule has 0 saturated carbocycles. The molecule has 0 radical (unpaired) electrons. The number of hydrogen-bond donors (Lipinski definition) is 2. The summed E-state index contributed by atoms with van der Waals surface area (Å²) in [5.41, 5.74) is 11.1. The molecule has 1 heterocycles. The molecule has 1 atom stereocenters. The van der Waals surface area contributed by atoms with E-state index in [4.69, 9.17) is 10.5 Å². The van der Waals surface area contributed by atoms with Gasteiger partial charge in [0, 0.05) is 36.0 Å². The van der Waals surface area contributed by atoms with Gasteiger partial charge in [-0.3, -0.25) is 9.48 Å². The third-order valence-electron chi connectivity index (χ3n) is 6.03. The molecular weight excluding hydrogens is 457 g/mol. The first kappa shape index (κ1) is 25.1. The molecule has 7 heteroatoms. The van der Waals surface area contributed by atoms with Gasteiger partial charge < -0.3 is 15.6 Å². The number of aromatic nitrogens is 2. The van der Waals surface area contributed by atoms with Gasteiger partial charge in [0.2, 0.25) is 0 Å². The Morgan fingerprint density at radius 2 is 1.86 bits per heavy atom. The normalized spacial score (nSPS) is 11.9. The average Bonchev–Trinajstić information content (AvgIpc) is 3.27. The van der Waals surface area contributed by atoms with E-state index in [2.05, 4.69) is 5.10 Å². The highest BCUT2D eigenvalue weighted by atomic mass is 19.1.